The topological polar surface area (TPSA) is 58.6 Å². The Kier molecular flexibility index (Phi) is 1.61. The number of hydrogen-bond acceptors (Lipinski definition) is 3. The van der Waals surface area contributed by atoms with Gasteiger partial charge < -0.3 is 4.98 Å². The smallest absolute Gasteiger partial charge is 0.255 e. The molecule has 2 heterocycles. The van der Waals surface area contributed by atoms with Gasteiger partial charge in [-0.2, -0.15) is 0 Å². The Labute approximate surface area is 102 Å². The minimum Gasteiger partial charge on any atom is -0.328 e. The van der Waals surface area contributed by atoms with Crippen LogP contribution in [0.15, 0.2) is 35.3 Å². The zero-order valence-corrected chi connectivity index (χ0v) is 9.69. The zero-order chi connectivity index (χ0) is 12.3. The Morgan fingerprint density at radius 2 is 1.72 bits per heavy atom. The fourth-order valence-electron chi connectivity index (χ4n) is 2.58. The van der Waals surface area contributed by atoms with Gasteiger partial charge in [0.1, 0.15) is 5.82 Å². The molecular formula is C14H9N3O. The quantitative estimate of drug-likeness (QED) is 0.476. The molecule has 0 aliphatic heterocycles. The van der Waals surface area contributed by atoms with Crippen molar-refractivity contribution in [2.24, 2.45) is 0 Å². The van der Waals surface area contributed by atoms with Gasteiger partial charge >= 0.3 is 0 Å². The molecule has 0 aliphatic carbocycles. The van der Waals surface area contributed by atoms with Crippen LogP contribution < -0.4 is 5.56 Å². The molecule has 2 aromatic heterocycles. The molecule has 4 rings (SSSR count). The van der Waals surface area contributed by atoms with E-state index in [1.807, 2.05) is 31.2 Å². The van der Waals surface area contributed by atoms with Crippen LogP contribution in [-0.2, 0) is 0 Å². The molecule has 0 saturated carbocycles. The number of hydrogen-bond donors (Lipinski definition) is 1. The molecule has 0 fully saturated rings. The molecule has 0 saturated heterocycles. The standard InChI is InChI=1S/C14H9N3O/c1-7-16-10-4-2-8-6-15-14(18)9-3-5-11(17-7)13(10)12(8)9/h2-6H,1H3,(H,15,18). The Hall–Kier alpha value is -2.49. The third-order valence-electron chi connectivity index (χ3n) is 3.32. The van der Waals surface area contributed by atoms with Crippen LogP contribution in [0.5, 0.6) is 0 Å². The second-order valence-corrected chi connectivity index (χ2v) is 4.44. The third kappa shape index (κ3) is 1.07. The molecule has 0 bridgehead atoms. The normalized spacial score (nSPS) is 11.8. The van der Waals surface area contributed by atoms with Crippen molar-refractivity contribution in [3.63, 3.8) is 0 Å². The van der Waals surface area contributed by atoms with Crippen molar-refractivity contribution in [2.45, 2.75) is 6.92 Å². The highest BCUT2D eigenvalue weighted by Gasteiger charge is 2.11. The number of nitrogens with one attached hydrogen (secondary N) is 1. The first kappa shape index (κ1) is 9.53. The molecular weight excluding hydrogens is 226 g/mol. The van der Waals surface area contributed by atoms with Crippen molar-refractivity contribution in [2.75, 3.05) is 0 Å². The summed E-state index contributed by atoms with van der Waals surface area (Å²) in [6, 6.07) is 7.66. The summed E-state index contributed by atoms with van der Waals surface area (Å²) in [5.41, 5.74) is 1.71. The number of rotatable bonds is 0. The molecule has 0 amide bonds. The van der Waals surface area contributed by atoms with Gasteiger partial charge in [-0.25, -0.2) is 9.97 Å². The number of aryl methyl sites for hydroxylation is 1. The summed E-state index contributed by atoms with van der Waals surface area (Å²) in [4.78, 5) is 23.5. The lowest BCUT2D eigenvalue weighted by Gasteiger charge is -2.08. The lowest BCUT2D eigenvalue weighted by Crippen LogP contribution is -2.06. The van der Waals surface area contributed by atoms with Crippen LogP contribution in [-0.4, -0.2) is 15.0 Å². The molecule has 1 N–H and O–H groups in total. The minimum absolute atomic E-state index is 0.0718. The first-order valence-electron chi connectivity index (χ1n) is 5.75. The van der Waals surface area contributed by atoms with Gasteiger partial charge in [0, 0.05) is 22.4 Å². The van der Waals surface area contributed by atoms with Gasteiger partial charge in [0.05, 0.1) is 11.0 Å². The maximum atomic E-state index is 11.9. The van der Waals surface area contributed by atoms with E-state index >= 15 is 0 Å². The predicted molar refractivity (Wildman–Crippen MR) is 71.1 cm³/mol. The summed E-state index contributed by atoms with van der Waals surface area (Å²) < 4.78 is 0. The molecule has 4 aromatic rings. The highest BCUT2D eigenvalue weighted by atomic mass is 16.1. The number of H-pyrrole nitrogens is 1. The van der Waals surface area contributed by atoms with E-state index in [-0.39, 0.29) is 5.56 Å². The first-order chi connectivity index (χ1) is 8.74. The first-order valence-corrected chi connectivity index (χ1v) is 5.75. The average molecular weight is 235 g/mol. The Morgan fingerprint density at radius 1 is 1.00 bits per heavy atom. The predicted octanol–water partition coefficient (Wildman–Crippen LogP) is 2.37. The fourth-order valence-corrected chi connectivity index (χ4v) is 2.58. The van der Waals surface area contributed by atoms with Crippen LogP contribution >= 0.6 is 0 Å². The summed E-state index contributed by atoms with van der Waals surface area (Å²) in [6.07, 6.45) is 1.74. The van der Waals surface area contributed by atoms with Gasteiger partial charge in [-0.3, -0.25) is 4.79 Å². The summed E-state index contributed by atoms with van der Waals surface area (Å²) in [7, 11) is 0. The number of aromatic nitrogens is 3. The van der Waals surface area contributed by atoms with E-state index in [1.165, 1.54) is 0 Å². The lowest BCUT2D eigenvalue weighted by atomic mass is 10.0. The minimum atomic E-state index is -0.0718. The van der Waals surface area contributed by atoms with Crippen LogP contribution in [0.2, 0.25) is 0 Å². The van der Waals surface area contributed by atoms with Crippen molar-refractivity contribution in [3.05, 3.63) is 46.6 Å². The average Bonchev–Trinajstić information content (AvgIpc) is 2.37. The highest BCUT2D eigenvalue weighted by Crippen LogP contribution is 2.30. The molecule has 0 atom stereocenters. The third-order valence-corrected chi connectivity index (χ3v) is 3.32. The Balaban J connectivity index is 2.48. The zero-order valence-electron chi connectivity index (χ0n) is 9.69. The van der Waals surface area contributed by atoms with Gasteiger partial charge in [0.2, 0.25) is 0 Å². The summed E-state index contributed by atoms with van der Waals surface area (Å²) in [5, 5.41) is 3.63. The van der Waals surface area contributed by atoms with E-state index in [0.717, 1.165) is 33.0 Å². The van der Waals surface area contributed by atoms with Gasteiger partial charge in [0.25, 0.3) is 5.56 Å². The van der Waals surface area contributed by atoms with Crippen LogP contribution in [0.25, 0.3) is 32.6 Å². The van der Waals surface area contributed by atoms with Crippen LogP contribution in [0.3, 0.4) is 0 Å². The second-order valence-electron chi connectivity index (χ2n) is 4.44. The number of aromatic amines is 1. The van der Waals surface area contributed by atoms with Crippen molar-refractivity contribution in [1.82, 2.24) is 15.0 Å². The van der Waals surface area contributed by atoms with Crippen molar-refractivity contribution in [1.29, 1.82) is 0 Å². The van der Waals surface area contributed by atoms with Crippen molar-refractivity contribution in [3.8, 4) is 0 Å². The maximum absolute atomic E-state index is 11.9. The largest absolute Gasteiger partial charge is 0.328 e. The maximum Gasteiger partial charge on any atom is 0.255 e. The highest BCUT2D eigenvalue weighted by molar-refractivity contribution is 6.20. The van der Waals surface area contributed by atoms with E-state index in [2.05, 4.69) is 15.0 Å². The van der Waals surface area contributed by atoms with E-state index in [0.29, 0.717) is 5.39 Å². The number of nitrogens with zero attached hydrogens (tertiary/aromatic N) is 2. The Bertz CT molecular complexity index is 937. The van der Waals surface area contributed by atoms with Crippen molar-refractivity contribution >= 4 is 32.6 Å². The van der Waals surface area contributed by atoms with Gasteiger partial charge in [0.15, 0.2) is 0 Å². The molecule has 4 nitrogen and oxygen atoms in total. The van der Waals surface area contributed by atoms with Gasteiger partial charge in [-0.05, 0) is 30.5 Å². The summed E-state index contributed by atoms with van der Waals surface area (Å²) in [5.74, 6) is 0.745. The molecule has 2 aromatic carbocycles. The summed E-state index contributed by atoms with van der Waals surface area (Å²) in [6.45, 7) is 1.88. The molecule has 4 heteroatoms. The van der Waals surface area contributed by atoms with Gasteiger partial charge in [-0.15, -0.1) is 0 Å². The van der Waals surface area contributed by atoms with E-state index in [1.54, 1.807) is 6.20 Å². The van der Waals surface area contributed by atoms with E-state index < -0.39 is 0 Å². The molecule has 86 valence electrons. The number of benzene rings is 2. The monoisotopic (exact) mass is 235 g/mol. The molecule has 0 aliphatic rings. The van der Waals surface area contributed by atoms with Gasteiger partial charge in [-0.1, -0.05) is 6.07 Å². The Morgan fingerprint density at radius 3 is 2.50 bits per heavy atom. The molecule has 18 heavy (non-hydrogen) atoms. The van der Waals surface area contributed by atoms with E-state index in [9.17, 15) is 4.79 Å². The fraction of sp³-hybridized carbons (Fsp3) is 0.0714. The summed E-state index contributed by atoms with van der Waals surface area (Å²) >= 11 is 0. The van der Waals surface area contributed by atoms with Crippen molar-refractivity contribution < 1.29 is 0 Å². The van der Waals surface area contributed by atoms with Crippen LogP contribution in [0.1, 0.15) is 5.82 Å². The number of pyridine rings is 1. The second kappa shape index (κ2) is 3.04. The van der Waals surface area contributed by atoms with Crippen LogP contribution in [0.4, 0.5) is 0 Å². The molecule has 0 radical (unpaired) electrons. The molecule has 0 spiro atoms. The molecule has 0 unspecified atom stereocenters. The van der Waals surface area contributed by atoms with E-state index in [4.69, 9.17) is 0 Å². The lowest BCUT2D eigenvalue weighted by molar-refractivity contribution is 1.12. The van der Waals surface area contributed by atoms with Crippen LogP contribution in [0, 0.1) is 6.92 Å². The SMILES string of the molecule is Cc1nc2ccc3c[nH]c(=O)c4ccc(n1)c2c34.